The van der Waals surface area contributed by atoms with Gasteiger partial charge >= 0.3 is 0 Å². The molecule has 3 heterocycles. The van der Waals surface area contributed by atoms with E-state index in [-0.39, 0.29) is 17.5 Å². The second kappa shape index (κ2) is 6.95. The molecular weight excluding hydrogens is 312 g/mol. The van der Waals surface area contributed by atoms with Gasteiger partial charge in [0, 0.05) is 37.1 Å². The molecule has 0 aliphatic carbocycles. The Bertz CT molecular complexity index is 718. The Morgan fingerprint density at radius 2 is 2.22 bits per heavy atom. The Balaban J connectivity index is 1.51. The lowest BCUT2D eigenvalue weighted by atomic mass is 10.0. The number of thiophene rings is 1. The van der Waals surface area contributed by atoms with Gasteiger partial charge in [0.25, 0.3) is 5.56 Å². The van der Waals surface area contributed by atoms with Crippen molar-refractivity contribution >= 4 is 22.9 Å². The van der Waals surface area contributed by atoms with Crippen LogP contribution in [-0.2, 0) is 18.3 Å². The highest BCUT2D eigenvalue weighted by Crippen LogP contribution is 2.18. The molecule has 1 N–H and O–H groups in total. The summed E-state index contributed by atoms with van der Waals surface area (Å²) in [6.45, 7) is 1.64. The largest absolute Gasteiger partial charge is 0.370 e. The Morgan fingerprint density at radius 1 is 1.43 bits per heavy atom. The van der Waals surface area contributed by atoms with Gasteiger partial charge in [-0.3, -0.25) is 9.59 Å². The first-order valence-corrected chi connectivity index (χ1v) is 8.60. The monoisotopic (exact) mass is 332 g/mol. The van der Waals surface area contributed by atoms with E-state index >= 15 is 0 Å². The summed E-state index contributed by atoms with van der Waals surface area (Å²) >= 11 is 1.61. The number of amides is 1. The third-order valence-corrected chi connectivity index (χ3v) is 4.97. The minimum atomic E-state index is -0.103. The molecule has 0 radical (unpaired) electrons. The van der Waals surface area contributed by atoms with Crippen molar-refractivity contribution in [1.82, 2.24) is 15.1 Å². The van der Waals surface area contributed by atoms with Crippen molar-refractivity contribution in [2.75, 3.05) is 18.0 Å². The Kier molecular flexibility index (Phi) is 4.76. The highest BCUT2D eigenvalue weighted by molar-refractivity contribution is 7.10. The standard InChI is InChI=1S/C16H20N4O2S/c1-19-16(22)9-13(11-17-19)20-6-4-12(5-7-20)18-15(21)10-14-3-2-8-23-14/h2-3,8-9,11-12H,4-7,10H2,1H3,(H,18,21). The smallest absolute Gasteiger partial charge is 0.268 e. The van der Waals surface area contributed by atoms with Gasteiger partial charge < -0.3 is 10.2 Å². The summed E-state index contributed by atoms with van der Waals surface area (Å²) in [4.78, 5) is 26.9. The number of aryl methyl sites for hydroxylation is 1. The molecule has 0 atom stereocenters. The van der Waals surface area contributed by atoms with Gasteiger partial charge in [0.1, 0.15) is 0 Å². The summed E-state index contributed by atoms with van der Waals surface area (Å²) in [6.07, 6.45) is 3.93. The molecule has 1 fully saturated rings. The van der Waals surface area contributed by atoms with Crippen LogP contribution in [0.15, 0.2) is 34.6 Å². The maximum atomic E-state index is 12.0. The van der Waals surface area contributed by atoms with Gasteiger partial charge in [-0.25, -0.2) is 4.68 Å². The molecule has 0 bridgehead atoms. The van der Waals surface area contributed by atoms with Crippen molar-refractivity contribution in [3.8, 4) is 0 Å². The maximum absolute atomic E-state index is 12.0. The van der Waals surface area contributed by atoms with Gasteiger partial charge in [0.05, 0.1) is 18.3 Å². The molecule has 1 amide bonds. The van der Waals surface area contributed by atoms with Gasteiger partial charge in [0.15, 0.2) is 0 Å². The van der Waals surface area contributed by atoms with Crippen LogP contribution in [0, 0.1) is 0 Å². The van der Waals surface area contributed by atoms with E-state index < -0.39 is 0 Å². The summed E-state index contributed by atoms with van der Waals surface area (Å²) in [5, 5.41) is 9.15. The molecule has 7 heteroatoms. The summed E-state index contributed by atoms with van der Waals surface area (Å²) in [5.41, 5.74) is 0.755. The zero-order valence-corrected chi connectivity index (χ0v) is 13.9. The number of carbonyl (C=O) groups excluding carboxylic acids is 1. The van der Waals surface area contributed by atoms with Crippen LogP contribution < -0.4 is 15.8 Å². The predicted molar refractivity (Wildman–Crippen MR) is 90.9 cm³/mol. The molecule has 122 valence electrons. The zero-order chi connectivity index (χ0) is 16.2. The first-order chi connectivity index (χ1) is 11.1. The lowest BCUT2D eigenvalue weighted by molar-refractivity contribution is -0.121. The van der Waals surface area contributed by atoms with Crippen LogP contribution in [0.25, 0.3) is 0 Å². The van der Waals surface area contributed by atoms with E-state index in [1.165, 1.54) is 4.68 Å². The number of nitrogens with one attached hydrogen (secondary N) is 1. The highest BCUT2D eigenvalue weighted by Gasteiger charge is 2.21. The van der Waals surface area contributed by atoms with Crippen molar-refractivity contribution < 1.29 is 4.79 Å². The molecule has 0 spiro atoms. The normalized spacial score (nSPS) is 15.6. The minimum Gasteiger partial charge on any atom is -0.370 e. The minimum absolute atomic E-state index is 0.0844. The van der Waals surface area contributed by atoms with Crippen molar-refractivity contribution in [2.45, 2.75) is 25.3 Å². The van der Waals surface area contributed by atoms with Crippen molar-refractivity contribution in [3.05, 3.63) is 45.0 Å². The molecule has 2 aromatic rings. The van der Waals surface area contributed by atoms with Gasteiger partial charge in [-0.15, -0.1) is 11.3 Å². The van der Waals surface area contributed by atoms with Crippen LogP contribution >= 0.6 is 11.3 Å². The number of hydrogen-bond acceptors (Lipinski definition) is 5. The third-order valence-electron chi connectivity index (χ3n) is 4.09. The van der Waals surface area contributed by atoms with E-state index in [0.29, 0.717) is 6.42 Å². The number of hydrogen-bond donors (Lipinski definition) is 1. The predicted octanol–water partition coefficient (Wildman–Crippen LogP) is 1.17. The fourth-order valence-electron chi connectivity index (χ4n) is 2.76. The van der Waals surface area contributed by atoms with Crippen LogP contribution in [0.1, 0.15) is 17.7 Å². The summed E-state index contributed by atoms with van der Waals surface area (Å²) in [6, 6.07) is 5.76. The van der Waals surface area contributed by atoms with E-state index in [1.807, 2.05) is 17.5 Å². The van der Waals surface area contributed by atoms with Gasteiger partial charge in [-0.05, 0) is 24.3 Å². The van der Waals surface area contributed by atoms with E-state index in [0.717, 1.165) is 36.5 Å². The van der Waals surface area contributed by atoms with E-state index in [1.54, 1.807) is 30.6 Å². The lowest BCUT2D eigenvalue weighted by Gasteiger charge is -2.33. The SMILES string of the molecule is Cn1ncc(N2CCC(NC(=O)Cc3cccs3)CC2)cc1=O. The second-order valence-corrected chi connectivity index (χ2v) is 6.79. The first-order valence-electron chi connectivity index (χ1n) is 7.72. The van der Waals surface area contributed by atoms with Crippen LogP contribution in [0.2, 0.25) is 0 Å². The van der Waals surface area contributed by atoms with E-state index in [4.69, 9.17) is 0 Å². The number of carbonyl (C=O) groups is 1. The first kappa shape index (κ1) is 15.7. The van der Waals surface area contributed by atoms with Crippen LogP contribution in [0.3, 0.4) is 0 Å². The molecule has 1 saturated heterocycles. The van der Waals surface area contributed by atoms with E-state index in [2.05, 4.69) is 15.3 Å². The summed E-state index contributed by atoms with van der Waals surface area (Å²) < 4.78 is 1.32. The average Bonchev–Trinajstić information content (AvgIpc) is 3.03. The topological polar surface area (TPSA) is 67.2 Å². The summed E-state index contributed by atoms with van der Waals surface area (Å²) in [5.74, 6) is 0.0844. The fourth-order valence-corrected chi connectivity index (χ4v) is 3.47. The average molecular weight is 332 g/mol. The molecule has 2 aromatic heterocycles. The Labute approximate surface area is 138 Å². The zero-order valence-electron chi connectivity index (χ0n) is 13.1. The molecule has 6 nitrogen and oxygen atoms in total. The van der Waals surface area contributed by atoms with Crippen molar-refractivity contribution in [2.24, 2.45) is 7.05 Å². The molecule has 0 unspecified atom stereocenters. The molecule has 0 saturated carbocycles. The summed E-state index contributed by atoms with van der Waals surface area (Å²) in [7, 11) is 1.64. The molecule has 1 aliphatic heterocycles. The molecular formula is C16H20N4O2S. The number of aromatic nitrogens is 2. The van der Waals surface area contributed by atoms with Crippen LogP contribution in [0.4, 0.5) is 5.69 Å². The van der Waals surface area contributed by atoms with Crippen LogP contribution in [0.5, 0.6) is 0 Å². The molecule has 23 heavy (non-hydrogen) atoms. The highest BCUT2D eigenvalue weighted by atomic mass is 32.1. The maximum Gasteiger partial charge on any atom is 0.268 e. The Morgan fingerprint density at radius 3 is 2.87 bits per heavy atom. The number of nitrogens with zero attached hydrogens (tertiary/aromatic N) is 3. The Hall–Kier alpha value is -2.15. The van der Waals surface area contributed by atoms with Gasteiger partial charge in [0.2, 0.25) is 5.91 Å². The lowest BCUT2D eigenvalue weighted by Crippen LogP contribution is -2.45. The third kappa shape index (κ3) is 3.98. The van der Waals surface area contributed by atoms with E-state index in [9.17, 15) is 9.59 Å². The van der Waals surface area contributed by atoms with Crippen molar-refractivity contribution in [3.63, 3.8) is 0 Å². The number of rotatable bonds is 4. The fraction of sp³-hybridized carbons (Fsp3) is 0.438. The van der Waals surface area contributed by atoms with Gasteiger partial charge in [-0.2, -0.15) is 5.10 Å². The molecule has 1 aliphatic rings. The number of piperidine rings is 1. The molecule has 0 aromatic carbocycles. The quantitative estimate of drug-likeness (QED) is 0.913. The number of anilines is 1. The molecule has 3 rings (SSSR count). The van der Waals surface area contributed by atoms with Gasteiger partial charge in [-0.1, -0.05) is 6.07 Å². The van der Waals surface area contributed by atoms with Crippen molar-refractivity contribution in [1.29, 1.82) is 0 Å². The van der Waals surface area contributed by atoms with Crippen LogP contribution in [-0.4, -0.2) is 34.8 Å². The second-order valence-electron chi connectivity index (χ2n) is 5.76.